The number of anilines is 2. The zero-order chi connectivity index (χ0) is 13.1. The molecule has 93 valence electrons. The molecule has 0 saturated carbocycles. The van der Waals surface area contributed by atoms with Crippen LogP contribution in [0.3, 0.4) is 0 Å². The molecule has 3 rings (SSSR count). The van der Waals surface area contributed by atoms with Gasteiger partial charge in [-0.3, -0.25) is 0 Å². The molecule has 0 aliphatic carbocycles. The predicted molar refractivity (Wildman–Crippen MR) is 77.3 cm³/mol. The van der Waals surface area contributed by atoms with Gasteiger partial charge in [-0.1, -0.05) is 12.1 Å². The number of hydrogen-bond acceptors (Lipinski definition) is 5. The fraction of sp³-hybridized carbons (Fsp3) is 0. The van der Waals surface area contributed by atoms with Crippen LogP contribution in [0.5, 0.6) is 0 Å². The van der Waals surface area contributed by atoms with Gasteiger partial charge in [0.2, 0.25) is 0 Å². The van der Waals surface area contributed by atoms with Crippen LogP contribution in [0.15, 0.2) is 48.1 Å². The lowest BCUT2D eigenvalue weighted by molar-refractivity contribution is 1.24. The zero-order valence-corrected chi connectivity index (χ0v) is 10.9. The van der Waals surface area contributed by atoms with Gasteiger partial charge in [-0.05, 0) is 30.7 Å². The van der Waals surface area contributed by atoms with Crippen LogP contribution in [0, 0.1) is 6.92 Å². The van der Waals surface area contributed by atoms with Crippen molar-refractivity contribution in [2.75, 3.05) is 5.32 Å². The van der Waals surface area contributed by atoms with Gasteiger partial charge in [0.25, 0.3) is 0 Å². The van der Waals surface area contributed by atoms with Gasteiger partial charge >= 0.3 is 0 Å². The molecular formula is C14H11N4S. The highest BCUT2D eigenvalue weighted by molar-refractivity contribution is 7.13. The van der Waals surface area contributed by atoms with Crippen molar-refractivity contribution in [2.45, 2.75) is 0 Å². The SMILES string of the molecule is [CH2]c1ccc(Nc2cccc(-c3nccs3)n2)nc1. The minimum absolute atomic E-state index is 0.746. The third-order valence-corrected chi connectivity index (χ3v) is 3.28. The summed E-state index contributed by atoms with van der Waals surface area (Å²) in [6.45, 7) is 3.80. The van der Waals surface area contributed by atoms with Gasteiger partial charge in [0.1, 0.15) is 22.3 Å². The lowest BCUT2D eigenvalue weighted by Crippen LogP contribution is -1.96. The van der Waals surface area contributed by atoms with E-state index in [1.807, 2.05) is 35.7 Å². The molecule has 19 heavy (non-hydrogen) atoms. The van der Waals surface area contributed by atoms with Gasteiger partial charge in [0.05, 0.1) is 0 Å². The molecule has 5 heteroatoms. The molecule has 1 N–H and O–H groups in total. The van der Waals surface area contributed by atoms with Crippen LogP contribution in [0.1, 0.15) is 5.56 Å². The standard InChI is InChI=1S/C14H11N4S/c1-10-5-6-12(16-9-10)18-13-4-2-3-11(17-13)14-15-7-8-19-14/h2-9H,1H2,(H,16,17,18). The van der Waals surface area contributed by atoms with E-state index in [4.69, 9.17) is 0 Å². The van der Waals surface area contributed by atoms with Crippen molar-refractivity contribution in [3.05, 3.63) is 60.6 Å². The summed E-state index contributed by atoms with van der Waals surface area (Å²) < 4.78 is 0. The highest BCUT2D eigenvalue weighted by Crippen LogP contribution is 2.22. The average molecular weight is 267 g/mol. The van der Waals surface area contributed by atoms with Crippen molar-refractivity contribution in [2.24, 2.45) is 0 Å². The lowest BCUT2D eigenvalue weighted by Gasteiger charge is -2.05. The topological polar surface area (TPSA) is 50.7 Å². The quantitative estimate of drug-likeness (QED) is 0.788. The lowest BCUT2D eigenvalue weighted by atomic mass is 10.3. The van der Waals surface area contributed by atoms with Crippen molar-refractivity contribution in [3.8, 4) is 10.7 Å². The van der Waals surface area contributed by atoms with Crippen LogP contribution in [-0.2, 0) is 0 Å². The molecule has 0 aromatic carbocycles. The Balaban J connectivity index is 1.85. The average Bonchev–Trinajstić information content (AvgIpc) is 2.96. The molecule has 0 atom stereocenters. The fourth-order valence-corrected chi connectivity index (χ4v) is 2.21. The second-order valence-corrected chi connectivity index (χ2v) is 4.82. The molecule has 1 radical (unpaired) electrons. The Bertz CT molecular complexity index is 662. The fourth-order valence-electron chi connectivity index (χ4n) is 1.60. The van der Waals surface area contributed by atoms with E-state index in [1.165, 1.54) is 0 Å². The van der Waals surface area contributed by atoms with E-state index in [1.54, 1.807) is 23.7 Å². The van der Waals surface area contributed by atoms with Gasteiger partial charge in [0.15, 0.2) is 0 Å². The first-order chi connectivity index (χ1) is 9.31. The Hall–Kier alpha value is -2.27. The van der Waals surface area contributed by atoms with Crippen LogP contribution in [0.25, 0.3) is 10.7 Å². The van der Waals surface area contributed by atoms with E-state index in [0.717, 1.165) is 27.9 Å². The van der Waals surface area contributed by atoms with E-state index in [9.17, 15) is 0 Å². The molecule has 0 saturated heterocycles. The number of aromatic nitrogens is 3. The maximum absolute atomic E-state index is 4.51. The Morgan fingerprint density at radius 2 is 2.00 bits per heavy atom. The van der Waals surface area contributed by atoms with Crippen LogP contribution < -0.4 is 5.32 Å². The maximum atomic E-state index is 4.51. The van der Waals surface area contributed by atoms with Crippen LogP contribution in [0.2, 0.25) is 0 Å². The maximum Gasteiger partial charge on any atom is 0.141 e. The Morgan fingerprint density at radius 1 is 1.05 bits per heavy atom. The molecule has 0 spiro atoms. The Kier molecular flexibility index (Phi) is 3.20. The third kappa shape index (κ3) is 2.77. The first-order valence-electron chi connectivity index (χ1n) is 5.73. The molecule has 3 heterocycles. The van der Waals surface area contributed by atoms with E-state index in [2.05, 4.69) is 27.2 Å². The van der Waals surface area contributed by atoms with E-state index >= 15 is 0 Å². The predicted octanol–water partition coefficient (Wildman–Crippen LogP) is 3.53. The first-order valence-corrected chi connectivity index (χ1v) is 6.61. The number of rotatable bonds is 3. The number of nitrogens with zero attached hydrogens (tertiary/aromatic N) is 3. The third-order valence-electron chi connectivity index (χ3n) is 2.48. The van der Waals surface area contributed by atoms with Gasteiger partial charge in [-0.2, -0.15) is 0 Å². The molecule has 3 aromatic rings. The van der Waals surface area contributed by atoms with Crippen molar-refractivity contribution >= 4 is 23.0 Å². The van der Waals surface area contributed by atoms with Gasteiger partial charge in [-0.15, -0.1) is 11.3 Å². The van der Waals surface area contributed by atoms with Crippen molar-refractivity contribution < 1.29 is 0 Å². The summed E-state index contributed by atoms with van der Waals surface area (Å²) >= 11 is 1.57. The van der Waals surface area contributed by atoms with E-state index in [0.29, 0.717) is 0 Å². The number of nitrogens with one attached hydrogen (secondary N) is 1. The molecule has 0 aliphatic rings. The summed E-state index contributed by atoms with van der Waals surface area (Å²) in [5.41, 5.74) is 1.74. The molecule has 0 bridgehead atoms. The summed E-state index contributed by atoms with van der Waals surface area (Å²) in [4.78, 5) is 13.0. The van der Waals surface area contributed by atoms with Crippen molar-refractivity contribution in [1.82, 2.24) is 15.0 Å². The molecule has 0 amide bonds. The van der Waals surface area contributed by atoms with Gasteiger partial charge < -0.3 is 5.32 Å². The highest BCUT2D eigenvalue weighted by Gasteiger charge is 2.03. The molecule has 3 aromatic heterocycles. The summed E-state index contributed by atoms with van der Waals surface area (Å²) in [5, 5.41) is 6.00. The van der Waals surface area contributed by atoms with Crippen molar-refractivity contribution in [3.63, 3.8) is 0 Å². The molecule has 0 fully saturated rings. The minimum atomic E-state index is 0.746. The smallest absolute Gasteiger partial charge is 0.141 e. The molecule has 4 nitrogen and oxygen atoms in total. The highest BCUT2D eigenvalue weighted by atomic mass is 32.1. The minimum Gasteiger partial charge on any atom is -0.325 e. The first kappa shape index (κ1) is 11.8. The largest absolute Gasteiger partial charge is 0.325 e. The second kappa shape index (κ2) is 5.16. The summed E-state index contributed by atoms with van der Waals surface area (Å²) in [6, 6.07) is 9.56. The number of pyridine rings is 2. The second-order valence-electron chi connectivity index (χ2n) is 3.92. The molecule has 0 unspecified atom stereocenters. The normalized spacial score (nSPS) is 10.4. The number of thiazole rings is 1. The van der Waals surface area contributed by atoms with Crippen molar-refractivity contribution in [1.29, 1.82) is 0 Å². The molecular weight excluding hydrogens is 256 g/mol. The van der Waals surface area contributed by atoms with E-state index < -0.39 is 0 Å². The molecule has 0 aliphatic heterocycles. The van der Waals surface area contributed by atoms with Crippen LogP contribution in [-0.4, -0.2) is 15.0 Å². The monoisotopic (exact) mass is 267 g/mol. The number of hydrogen-bond donors (Lipinski definition) is 1. The van der Waals surface area contributed by atoms with Gasteiger partial charge in [0, 0.05) is 17.8 Å². The van der Waals surface area contributed by atoms with Crippen LogP contribution >= 0.6 is 11.3 Å². The Morgan fingerprint density at radius 3 is 2.74 bits per heavy atom. The van der Waals surface area contributed by atoms with Gasteiger partial charge in [-0.25, -0.2) is 15.0 Å². The van der Waals surface area contributed by atoms with E-state index in [-0.39, 0.29) is 0 Å². The summed E-state index contributed by atoms with van der Waals surface area (Å²) in [6.07, 6.45) is 3.49. The Labute approximate surface area is 115 Å². The summed E-state index contributed by atoms with van der Waals surface area (Å²) in [7, 11) is 0. The zero-order valence-electron chi connectivity index (χ0n) is 10.1. The summed E-state index contributed by atoms with van der Waals surface area (Å²) in [5.74, 6) is 1.49. The van der Waals surface area contributed by atoms with Crippen LogP contribution in [0.4, 0.5) is 11.6 Å².